The molecule has 0 aliphatic heterocycles. The van der Waals surface area contributed by atoms with Gasteiger partial charge in [-0.15, -0.1) is 6.58 Å². The molecule has 8 atom stereocenters. The SMILES string of the molecule is C=CC(C(C)CC(C)CC(C)CC(C)C)C(CC(CC)C(C)C)CC(CC)C(C)CC. The Morgan fingerprint density at radius 2 is 1.06 bits per heavy atom. The first-order chi connectivity index (χ1) is 14.5. The van der Waals surface area contributed by atoms with Gasteiger partial charge in [-0.3, -0.25) is 0 Å². The molecule has 0 bridgehead atoms. The molecule has 0 fully saturated rings. The molecule has 186 valence electrons. The fourth-order valence-electron chi connectivity index (χ4n) is 6.60. The maximum atomic E-state index is 4.39. The Bertz CT molecular complexity index is 433. The van der Waals surface area contributed by atoms with Crippen LogP contribution in [0.25, 0.3) is 0 Å². The molecular formula is C31H62. The molecule has 31 heavy (non-hydrogen) atoms. The van der Waals surface area contributed by atoms with E-state index in [-0.39, 0.29) is 0 Å². The number of hydrogen-bond donors (Lipinski definition) is 0. The molecule has 0 spiro atoms. The van der Waals surface area contributed by atoms with Crippen molar-refractivity contribution in [2.45, 2.75) is 128 Å². The molecular weight excluding hydrogens is 372 g/mol. The van der Waals surface area contributed by atoms with E-state index in [1.807, 2.05) is 0 Å². The van der Waals surface area contributed by atoms with E-state index in [9.17, 15) is 0 Å². The third-order valence-corrected chi connectivity index (χ3v) is 8.58. The van der Waals surface area contributed by atoms with Crippen LogP contribution in [-0.2, 0) is 0 Å². The summed E-state index contributed by atoms with van der Waals surface area (Å²) in [5.41, 5.74) is 0. The predicted octanol–water partition coefficient (Wildman–Crippen LogP) is 10.7. The standard InChI is InChI=1S/C31H62/c1-13-26(11)29(15-3)21-30(20-28(14-2)23(7)8)31(16-4)27(12)19-25(10)18-24(9)17-22(5)6/h16,22-31H,4,13-15,17-21H2,1-3,5-12H3. The lowest BCUT2D eigenvalue weighted by atomic mass is 9.68. The normalized spacial score (nSPS) is 20.2. The fourth-order valence-corrected chi connectivity index (χ4v) is 6.60. The maximum absolute atomic E-state index is 4.39. The Balaban J connectivity index is 5.42. The van der Waals surface area contributed by atoms with Crippen molar-refractivity contribution in [1.82, 2.24) is 0 Å². The van der Waals surface area contributed by atoms with Crippen LogP contribution in [0.1, 0.15) is 128 Å². The van der Waals surface area contributed by atoms with Crippen molar-refractivity contribution in [2.75, 3.05) is 0 Å². The topological polar surface area (TPSA) is 0 Å². The highest BCUT2D eigenvalue weighted by Gasteiger charge is 2.31. The number of rotatable bonds is 18. The van der Waals surface area contributed by atoms with Crippen LogP contribution in [0, 0.1) is 59.2 Å². The summed E-state index contributed by atoms with van der Waals surface area (Å²) >= 11 is 0. The predicted molar refractivity (Wildman–Crippen MR) is 144 cm³/mol. The Hall–Kier alpha value is -0.260. The second-order valence-electron chi connectivity index (χ2n) is 12.3. The van der Waals surface area contributed by atoms with Crippen LogP contribution < -0.4 is 0 Å². The molecule has 0 aromatic heterocycles. The second kappa shape index (κ2) is 16.4. The van der Waals surface area contributed by atoms with Gasteiger partial charge in [-0.2, -0.15) is 0 Å². The zero-order chi connectivity index (χ0) is 24.1. The lowest BCUT2D eigenvalue weighted by Gasteiger charge is -2.37. The van der Waals surface area contributed by atoms with Gasteiger partial charge in [0.2, 0.25) is 0 Å². The maximum Gasteiger partial charge on any atom is -0.0182 e. The largest absolute Gasteiger partial charge is 0.103 e. The van der Waals surface area contributed by atoms with Crippen LogP contribution >= 0.6 is 0 Å². The van der Waals surface area contributed by atoms with Crippen LogP contribution in [-0.4, -0.2) is 0 Å². The van der Waals surface area contributed by atoms with Crippen molar-refractivity contribution in [2.24, 2.45) is 59.2 Å². The minimum absolute atomic E-state index is 0.661. The molecule has 0 saturated carbocycles. The minimum Gasteiger partial charge on any atom is -0.103 e. The van der Waals surface area contributed by atoms with Crippen molar-refractivity contribution >= 4 is 0 Å². The van der Waals surface area contributed by atoms with Crippen molar-refractivity contribution in [3.8, 4) is 0 Å². The van der Waals surface area contributed by atoms with E-state index in [0.29, 0.717) is 5.92 Å². The summed E-state index contributed by atoms with van der Waals surface area (Å²) in [7, 11) is 0. The van der Waals surface area contributed by atoms with E-state index in [1.165, 1.54) is 51.4 Å². The summed E-state index contributed by atoms with van der Waals surface area (Å²) < 4.78 is 0. The summed E-state index contributed by atoms with van der Waals surface area (Å²) in [4.78, 5) is 0. The lowest BCUT2D eigenvalue weighted by molar-refractivity contribution is 0.146. The molecule has 0 aromatic rings. The van der Waals surface area contributed by atoms with E-state index in [4.69, 9.17) is 0 Å². The zero-order valence-corrected chi connectivity index (χ0v) is 23.7. The number of allylic oxidation sites excluding steroid dienone is 1. The highest BCUT2D eigenvalue weighted by molar-refractivity contribution is 4.91. The van der Waals surface area contributed by atoms with Crippen LogP contribution in [0.2, 0.25) is 0 Å². The van der Waals surface area contributed by atoms with Crippen LogP contribution in [0.3, 0.4) is 0 Å². The van der Waals surface area contributed by atoms with Crippen molar-refractivity contribution in [3.05, 3.63) is 12.7 Å². The summed E-state index contributed by atoms with van der Waals surface area (Å²) in [6.07, 6.45) is 13.2. The first-order valence-electron chi connectivity index (χ1n) is 14.1. The van der Waals surface area contributed by atoms with E-state index < -0.39 is 0 Å². The highest BCUT2D eigenvalue weighted by Crippen LogP contribution is 2.40. The Morgan fingerprint density at radius 3 is 1.48 bits per heavy atom. The molecule has 0 aliphatic rings. The summed E-state index contributed by atoms with van der Waals surface area (Å²) in [5.74, 6) is 8.00. The average Bonchev–Trinajstić information content (AvgIpc) is 2.67. The van der Waals surface area contributed by atoms with Crippen molar-refractivity contribution < 1.29 is 0 Å². The van der Waals surface area contributed by atoms with Crippen molar-refractivity contribution in [1.29, 1.82) is 0 Å². The molecule has 8 unspecified atom stereocenters. The van der Waals surface area contributed by atoms with Crippen LogP contribution in [0.15, 0.2) is 12.7 Å². The van der Waals surface area contributed by atoms with Gasteiger partial charge >= 0.3 is 0 Å². The Morgan fingerprint density at radius 1 is 0.548 bits per heavy atom. The summed E-state index contributed by atoms with van der Waals surface area (Å²) in [6.45, 7) is 31.1. The Labute approximate surface area is 199 Å². The Kier molecular flexibility index (Phi) is 16.2. The first-order valence-corrected chi connectivity index (χ1v) is 14.1. The van der Waals surface area contributed by atoms with Gasteiger partial charge in [-0.05, 0) is 91.3 Å². The van der Waals surface area contributed by atoms with E-state index in [1.54, 1.807) is 0 Å². The van der Waals surface area contributed by atoms with Gasteiger partial charge in [0.15, 0.2) is 0 Å². The average molecular weight is 435 g/mol. The van der Waals surface area contributed by atoms with Gasteiger partial charge in [-0.25, -0.2) is 0 Å². The quantitative estimate of drug-likeness (QED) is 0.188. The van der Waals surface area contributed by atoms with Gasteiger partial charge in [0.05, 0.1) is 0 Å². The van der Waals surface area contributed by atoms with Gasteiger partial charge in [0.1, 0.15) is 0 Å². The van der Waals surface area contributed by atoms with E-state index in [0.717, 1.165) is 53.3 Å². The molecule has 0 N–H and O–H groups in total. The van der Waals surface area contributed by atoms with Gasteiger partial charge in [0, 0.05) is 0 Å². The highest BCUT2D eigenvalue weighted by atomic mass is 14.4. The third kappa shape index (κ3) is 12.0. The number of hydrogen-bond acceptors (Lipinski definition) is 0. The molecule has 0 aliphatic carbocycles. The molecule has 0 amide bonds. The van der Waals surface area contributed by atoms with E-state index >= 15 is 0 Å². The van der Waals surface area contributed by atoms with Crippen molar-refractivity contribution in [3.63, 3.8) is 0 Å². The molecule has 0 nitrogen and oxygen atoms in total. The van der Waals surface area contributed by atoms with Gasteiger partial charge < -0.3 is 0 Å². The lowest BCUT2D eigenvalue weighted by Crippen LogP contribution is -2.28. The molecule has 0 rings (SSSR count). The first kappa shape index (κ1) is 30.7. The van der Waals surface area contributed by atoms with Gasteiger partial charge in [-0.1, -0.05) is 101 Å². The van der Waals surface area contributed by atoms with Crippen LogP contribution in [0.5, 0.6) is 0 Å². The van der Waals surface area contributed by atoms with Crippen LogP contribution in [0.4, 0.5) is 0 Å². The molecule has 0 heteroatoms. The molecule has 0 saturated heterocycles. The minimum atomic E-state index is 0.661. The monoisotopic (exact) mass is 434 g/mol. The van der Waals surface area contributed by atoms with E-state index in [2.05, 4.69) is 88.8 Å². The summed E-state index contributed by atoms with van der Waals surface area (Å²) in [6, 6.07) is 0. The third-order valence-electron chi connectivity index (χ3n) is 8.58. The molecule has 0 heterocycles. The summed E-state index contributed by atoms with van der Waals surface area (Å²) in [5, 5.41) is 0. The second-order valence-corrected chi connectivity index (χ2v) is 12.3. The van der Waals surface area contributed by atoms with Gasteiger partial charge in [0.25, 0.3) is 0 Å². The molecule has 0 radical (unpaired) electrons. The fraction of sp³-hybridized carbons (Fsp3) is 0.935. The smallest absolute Gasteiger partial charge is 0.0182 e. The zero-order valence-electron chi connectivity index (χ0n) is 23.7. The molecule has 0 aromatic carbocycles.